The lowest BCUT2D eigenvalue weighted by molar-refractivity contribution is -0.117. The van der Waals surface area contributed by atoms with Crippen molar-refractivity contribution in [2.45, 2.75) is 26.2 Å². The van der Waals surface area contributed by atoms with Gasteiger partial charge in [-0.2, -0.15) is 0 Å². The monoisotopic (exact) mass is 261 g/mol. The molecule has 2 rings (SSSR count). The van der Waals surface area contributed by atoms with Crippen LogP contribution < -0.4 is 11.1 Å². The Morgan fingerprint density at radius 1 is 1.47 bits per heavy atom. The molecule has 4 heteroatoms. The Bertz CT molecular complexity index is 433. The van der Waals surface area contributed by atoms with Crippen molar-refractivity contribution >= 4 is 17.3 Å². The quantitative estimate of drug-likeness (QED) is 0.800. The van der Waals surface area contributed by atoms with Gasteiger partial charge in [0.1, 0.15) is 0 Å². The fraction of sp³-hybridized carbons (Fsp3) is 0.533. The number of para-hydroxylation sites is 2. The molecule has 104 valence electrons. The number of carbonyl (C=O) groups excluding carboxylic acids is 1. The predicted molar refractivity (Wildman–Crippen MR) is 78.9 cm³/mol. The number of likely N-dealkylation sites (tertiary alicyclic amines) is 1. The first-order valence-electron chi connectivity index (χ1n) is 7.05. The highest BCUT2D eigenvalue weighted by Crippen LogP contribution is 2.21. The van der Waals surface area contributed by atoms with Crippen molar-refractivity contribution in [2.24, 2.45) is 5.92 Å². The third kappa shape index (κ3) is 3.96. The van der Waals surface area contributed by atoms with E-state index in [1.165, 1.54) is 19.3 Å². The second kappa shape index (κ2) is 6.57. The van der Waals surface area contributed by atoms with E-state index in [-0.39, 0.29) is 5.91 Å². The number of benzene rings is 1. The van der Waals surface area contributed by atoms with Gasteiger partial charge in [0.15, 0.2) is 0 Å². The highest BCUT2D eigenvalue weighted by atomic mass is 16.2. The summed E-state index contributed by atoms with van der Waals surface area (Å²) < 4.78 is 0. The second-order valence-corrected chi connectivity index (χ2v) is 5.31. The van der Waals surface area contributed by atoms with E-state index in [2.05, 4.69) is 17.1 Å². The van der Waals surface area contributed by atoms with Gasteiger partial charge in [-0.05, 0) is 37.4 Å². The molecule has 0 spiro atoms. The van der Waals surface area contributed by atoms with Gasteiger partial charge in [-0.25, -0.2) is 0 Å². The Labute approximate surface area is 115 Å². The number of rotatable bonds is 5. The first-order valence-corrected chi connectivity index (χ1v) is 7.05. The molecule has 1 aliphatic rings. The molecule has 1 aromatic rings. The average Bonchev–Trinajstić information content (AvgIpc) is 2.80. The van der Waals surface area contributed by atoms with Crippen molar-refractivity contribution in [1.82, 2.24) is 4.90 Å². The van der Waals surface area contributed by atoms with Gasteiger partial charge < -0.3 is 11.1 Å². The number of nitrogens with one attached hydrogen (secondary N) is 1. The molecule has 0 radical (unpaired) electrons. The minimum absolute atomic E-state index is 0.0232. The Morgan fingerprint density at radius 3 is 3.00 bits per heavy atom. The molecule has 4 nitrogen and oxygen atoms in total. The average molecular weight is 261 g/mol. The summed E-state index contributed by atoms with van der Waals surface area (Å²) in [5.41, 5.74) is 7.13. The molecule has 1 fully saturated rings. The van der Waals surface area contributed by atoms with E-state index in [4.69, 9.17) is 5.73 Å². The molecule has 1 aliphatic heterocycles. The number of nitrogens with zero attached hydrogens (tertiary/aromatic N) is 1. The van der Waals surface area contributed by atoms with Crippen LogP contribution in [0.2, 0.25) is 0 Å². The van der Waals surface area contributed by atoms with Gasteiger partial charge in [0.2, 0.25) is 5.91 Å². The third-order valence-electron chi connectivity index (χ3n) is 3.67. The van der Waals surface area contributed by atoms with Crippen molar-refractivity contribution in [3.8, 4) is 0 Å². The molecule has 19 heavy (non-hydrogen) atoms. The van der Waals surface area contributed by atoms with Gasteiger partial charge in [0.05, 0.1) is 17.9 Å². The summed E-state index contributed by atoms with van der Waals surface area (Å²) in [5, 5.41) is 2.88. The molecule has 0 bridgehead atoms. The van der Waals surface area contributed by atoms with E-state index in [0.29, 0.717) is 17.9 Å². The van der Waals surface area contributed by atoms with Crippen LogP contribution in [-0.4, -0.2) is 30.4 Å². The van der Waals surface area contributed by atoms with Crippen molar-refractivity contribution in [3.63, 3.8) is 0 Å². The van der Waals surface area contributed by atoms with Crippen LogP contribution in [0.5, 0.6) is 0 Å². The standard InChI is InChI=1S/C15H23N3O/c1-2-5-12-8-9-18(10-12)11-15(19)17-14-7-4-3-6-13(14)16/h3-4,6-7,12H,2,5,8-11,16H2,1H3,(H,17,19). The summed E-state index contributed by atoms with van der Waals surface area (Å²) in [5.74, 6) is 0.787. The maximum Gasteiger partial charge on any atom is 0.238 e. The molecule has 1 unspecified atom stereocenters. The van der Waals surface area contributed by atoms with E-state index < -0.39 is 0 Å². The topological polar surface area (TPSA) is 58.4 Å². The summed E-state index contributed by atoms with van der Waals surface area (Å²) in [7, 11) is 0. The molecule has 1 amide bonds. The van der Waals surface area contributed by atoms with Gasteiger partial charge in [-0.1, -0.05) is 25.5 Å². The van der Waals surface area contributed by atoms with E-state index in [1.54, 1.807) is 6.07 Å². The highest BCUT2D eigenvalue weighted by Gasteiger charge is 2.23. The van der Waals surface area contributed by atoms with E-state index in [0.717, 1.165) is 19.0 Å². The maximum absolute atomic E-state index is 12.0. The second-order valence-electron chi connectivity index (χ2n) is 5.31. The first kappa shape index (κ1) is 13.9. The molecular weight excluding hydrogens is 238 g/mol. The minimum atomic E-state index is 0.0232. The number of amides is 1. The maximum atomic E-state index is 12.0. The molecule has 1 atom stereocenters. The molecule has 1 saturated heterocycles. The van der Waals surface area contributed by atoms with Gasteiger partial charge >= 0.3 is 0 Å². The normalized spacial score (nSPS) is 19.5. The molecule has 0 saturated carbocycles. The molecule has 1 aromatic carbocycles. The number of hydrogen-bond donors (Lipinski definition) is 2. The number of carbonyl (C=O) groups is 1. The van der Waals surface area contributed by atoms with Crippen LogP contribution in [0.4, 0.5) is 11.4 Å². The van der Waals surface area contributed by atoms with Gasteiger partial charge in [0.25, 0.3) is 0 Å². The van der Waals surface area contributed by atoms with Crippen molar-refractivity contribution in [2.75, 3.05) is 30.7 Å². The summed E-state index contributed by atoms with van der Waals surface area (Å²) in [6.45, 7) is 4.76. The summed E-state index contributed by atoms with van der Waals surface area (Å²) in [4.78, 5) is 14.2. The lowest BCUT2D eigenvalue weighted by Crippen LogP contribution is -2.31. The van der Waals surface area contributed by atoms with Crippen LogP contribution >= 0.6 is 0 Å². The molecular formula is C15H23N3O. The molecule has 0 aliphatic carbocycles. The van der Waals surface area contributed by atoms with Gasteiger partial charge in [-0.15, -0.1) is 0 Å². The highest BCUT2D eigenvalue weighted by molar-refractivity contribution is 5.95. The first-order chi connectivity index (χ1) is 9.19. The van der Waals surface area contributed by atoms with E-state index in [1.807, 2.05) is 18.2 Å². The lowest BCUT2D eigenvalue weighted by atomic mass is 10.0. The predicted octanol–water partition coefficient (Wildman–Crippen LogP) is 2.33. The van der Waals surface area contributed by atoms with E-state index in [9.17, 15) is 4.79 Å². The molecule has 3 N–H and O–H groups in total. The lowest BCUT2D eigenvalue weighted by Gasteiger charge is -2.16. The number of hydrogen-bond acceptors (Lipinski definition) is 3. The third-order valence-corrected chi connectivity index (χ3v) is 3.67. The van der Waals surface area contributed by atoms with Gasteiger partial charge in [0, 0.05) is 6.54 Å². The number of nitrogens with two attached hydrogens (primary N) is 1. The Balaban J connectivity index is 1.81. The minimum Gasteiger partial charge on any atom is -0.397 e. The van der Waals surface area contributed by atoms with Gasteiger partial charge in [-0.3, -0.25) is 9.69 Å². The van der Waals surface area contributed by atoms with Crippen LogP contribution in [0, 0.1) is 5.92 Å². The summed E-state index contributed by atoms with van der Waals surface area (Å²) in [6.07, 6.45) is 3.71. The van der Waals surface area contributed by atoms with Crippen LogP contribution in [0.25, 0.3) is 0 Å². The summed E-state index contributed by atoms with van der Waals surface area (Å²) in [6, 6.07) is 7.36. The van der Waals surface area contributed by atoms with Crippen LogP contribution in [-0.2, 0) is 4.79 Å². The largest absolute Gasteiger partial charge is 0.397 e. The zero-order valence-electron chi connectivity index (χ0n) is 11.6. The number of nitrogen functional groups attached to an aromatic ring is 1. The van der Waals surface area contributed by atoms with Crippen LogP contribution in [0.15, 0.2) is 24.3 Å². The fourth-order valence-corrected chi connectivity index (χ4v) is 2.70. The molecule has 1 heterocycles. The van der Waals surface area contributed by atoms with Crippen LogP contribution in [0.1, 0.15) is 26.2 Å². The smallest absolute Gasteiger partial charge is 0.238 e. The van der Waals surface area contributed by atoms with Crippen molar-refractivity contribution < 1.29 is 4.79 Å². The summed E-state index contributed by atoms with van der Waals surface area (Å²) >= 11 is 0. The Hall–Kier alpha value is -1.55. The number of anilines is 2. The fourth-order valence-electron chi connectivity index (χ4n) is 2.70. The van der Waals surface area contributed by atoms with Crippen LogP contribution in [0.3, 0.4) is 0 Å². The SMILES string of the molecule is CCCC1CCN(CC(=O)Nc2ccccc2N)C1. The van der Waals surface area contributed by atoms with Crippen molar-refractivity contribution in [1.29, 1.82) is 0 Å². The van der Waals surface area contributed by atoms with E-state index >= 15 is 0 Å². The van der Waals surface area contributed by atoms with Crippen molar-refractivity contribution in [3.05, 3.63) is 24.3 Å². The Kier molecular flexibility index (Phi) is 4.80. The zero-order valence-corrected chi connectivity index (χ0v) is 11.6. The Morgan fingerprint density at radius 2 is 2.26 bits per heavy atom. The molecule has 0 aromatic heterocycles. The zero-order chi connectivity index (χ0) is 13.7.